The molecule has 0 saturated carbocycles. The second-order valence-electron chi connectivity index (χ2n) is 5.52. The predicted octanol–water partition coefficient (Wildman–Crippen LogP) is 3.33. The lowest BCUT2D eigenvalue weighted by molar-refractivity contribution is 0.308. The van der Waals surface area contributed by atoms with E-state index in [0.29, 0.717) is 18.6 Å². The Morgan fingerprint density at radius 1 is 1.32 bits per heavy atom. The van der Waals surface area contributed by atoms with Crippen molar-refractivity contribution >= 4 is 0 Å². The van der Waals surface area contributed by atoms with Crippen molar-refractivity contribution < 1.29 is 9.47 Å². The molecule has 1 atom stereocenters. The number of methoxy groups -OCH3 is 1. The van der Waals surface area contributed by atoms with Crippen molar-refractivity contribution in [2.45, 2.75) is 39.7 Å². The minimum atomic E-state index is 0.439. The maximum atomic E-state index is 5.69. The van der Waals surface area contributed by atoms with Gasteiger partial charge < -0.3 is 14.8 Å². The molecule has 0 aromatic heterocycles. The second-order valence-corrected chi connectivity index (χ2v) is 5.52. The molecule has 0 amide bonds. The average Bonchev–Trinajstić information content (AvgIpc) is 2.38. The summed E-state index contributed by atoms with van der Waals surface area (Å²) in [5.41, 5.74) is 2.77. The minimum Gasteiger partial charge on any atom is -0.493 e. The molecule has 1 heterocycles. The topological polar surface area (TPSA) is 30.5 Å². The fourth-order valence-electron chi connectivity index (χ4n) is 2.76. The Balaban J connectivity index is 2.35. The zero-order valence-electron chi connectivity index (χ0n) is 12.5. The molecule has 1 N–H and O–H groups in total. The molecule has 1 aliphatic heterocycles. The summed E-state index contributed by atoms with van der Waals surface area (Å²) in [6, 6.07) is 4.75. The zero-order valence-corrected chi connectivity index (χ0v) is 12.5. The number of fused-ring (bicyclic) bond motifs is 1. The molecular formula is C16H25NO2. The van der Waals surface area contributed by atoms with Crippen LogP contribution in [0.4, 0.5) is 0 Å². The lowest BCUT2D eigenvalue weighted by atomic mass is 9.89. The number of ether oxygens (including phenoxy) is 2. The molecule has 106 valence electrons. The molecule has 0 aliphatic carbocycles. The normalized spacial score (nSPS) is 18.3. The smallest absolute Gasteiger partial charge is 0.161 e. The highest BCUT2D eigenvalue weighted by Gasteiger charge is 2.23. The Bertz CT molecular complexity index is 429. The fraction of sp³-hybridized carbons (Fsp3) is 0.625. The number of rotatable bonds is 5. The summed E-state index contributed by atoms with van der Waals surface area (Å²) in [5.74, 6) is 2.40. The minimum absolute atomic E-state index is 0.439. The van der Waals surface area contributed by atoms with Gasteiger partial charge in [-0.2, -0.15) is 0 Å². The number of hydrogen-bond acceptors (Lipinski definition) is 3. The van der Waals surface area contributed by atoms with Crippen LogP contribution >= 0.6 is 0 Å². The molecule has 2 rings (SSSR count). The van der Waals surface area contributed by atoms with E-state index in [9.17, 15) is 0 Å². The Morgan fingerprint density at radius 2 is 2.11 bits per heavy atom. The van der Waals surface area contributed by atoms with Crippen LogP contribution in [0.25, 0.3) is 0 Å². The van der Waals surface area contributed by atoms with Crippen molar-refractivity contribution in [1.29, 1.82) is 0 Å². The number of nitrogens with one attached hydrogen (secondary N) is 1. The highest BCUT2D eigenvalue weighted by Crippen LogP contribution is 2.37. The first kappa shape index (κ1) is 14.2. The monoisotopic (exact) mass is 263 g/mol. The molecule has 0 saturated heterocycles. The molecule has 3 heteroatoms. The summed E-state index contributed by atoms with van der Waals surface area (Å²) >= 11 is 0. The molecule has 0 bridgehead atoms. The summed E-state index contributed by atoms with van der Waals surface area (Å²) in [6.07, 6.45) is 2.22. The zero-order chi connectivity index (χ0) is 13.8. The lowest BCUT2D eigenvalue weighted by Gasteiger charge is -2.29. The quantitative estimate of drug-likeness (QED) is 0.884. The van der Waals surface area contributed by atoms with E-state index in [1.165, 1.54) is 11.1 Å². The lowest BCUT2D eigenvalue weighted by Crippen LogP contribution is -2.30. The van der Waals surface area contributed by atoms with Gasteiger partial charge in [0.2, 0.25) is 0 Å². The summed E-state index contributed by atoms with van der Waals surface area (Å²) in [6.45, 7) is 8.24. The molecule has 1 aromatic rings. The second kappa shape index (κ2) is 6.29. The van der Waals surface area contributed by atoms with E-state index in [1.807, 2.05) is 6.92 Å². The maximum Gasteiger partial charge on any atom is 0.161 e. The van der Waals surface area contributed by atoms with Crippen LogP contribution in [-0.4, -0.2) is 20.3 Å². The van der Waals surface area contributed by atoms with Crippen molar-refractivity contribution in [3.8, 4) is 11.5 Å². The van der Waals surface area contributed by atoms with Crippen LogP contribution in [0.2, 0.25) is 0 Å². The Hall–Kier alpha value is -1.22. The predicted molar refractivity (Wildman–Crippen MR) is 78.1 cm³/mol. The molecule has 0 spiro atoms. The van der Waals surface area contributed by atoms with Crippen molar-refractivity contribution in [2.24, 2.45) is 5.92 Å². The average molecular weight is 263 g/mol. The van der Waals surface area contributed by atoms with Crippen LogP contribution in [0.3, 0.4) is 0 Å². The SMILES string of the molecule is CCOc1cc2c(cc1OC)CCN[C@@H]2CC(C)C. The molecule has 3 nitrogen and oxygen atoms in total. The first-order valence-corrected chi connectivity index (χ1v) is 7.22. The van der Waals surface area contributed by atoms with Crippen molar-refractivity contribution in [3.05, 3.63) is 23.3 Å². The summed E-state index contributed by atoms with van der Waals surface area (Å²) in [4.78, 5) is 0. The van der Waals surface area contributed by atoms with Gasteiger partial charge >= 0.3 is 0 Å². The fourth-order valence-corrected chi connectivity index (χ4v) is 2.76. The van der Waals surface area contributed by atoms with Crippen molar-refractivity contribution in [2.75, 3.05) is 20.3 Å². The van der Waals surface area contributed by atoms with E-state index in [-0.39, 0.29) is 0 Å². The van der Waals surface area contributed by atoms with Gasteiger partial charge in [0.25, 0.3) is 0 Å². The van der Waals surface area contributed by atoms with Gasteiger partial charge in [0.1, 0.15) is 0 Å². The van der Waals surface area contributed by atoms with E-state index >= 15 is 0 Å². The van der Waals surface area contributed by atoms with Gasteiger partial charge in [0, 0.05) is 6.04 Å². The van der Waals surface area contributed by atoms with Gasteiger partial charge in [-0.25, -0.2) is 0 Å². The van der Waals surface area contributed by atoms with E-state index in [4.69, 9.17) is 9.47 Å². The van der Waals surface area contributed by atoms with Gasteiger partial charge in [0.05, 0.1) is 13.7 Å². The Labute approximate surface area is 116 Å². The van der Waals surface area contributed by atoms with Gasteiger partial charge in [-0.3, -0.25) is 0 Å². The van der Waals surface area contributed by atoms with Gasteiger partial charge in [-0.05, 0) is 55.5 Å². The van der Waals surface area contributed by atoms with Crippen LogP contribution in [0.5, 0.6) is 11.5 Å². The molecule has 19 heavy (non-hydrogen) atoms. The highest BCUT2D eigenvalue weighted by molar-refractivity contribution is 5.49. The first-order chi connectivity index (χ1) is 9.15. The van der Waals surface area contributed by atoms with Gasteiger partial charge in [0.15, 0.2) is 11.5 Å². The highest BCUT2D eigenvalue weighted by atomic mass is 16.5. The molecule has 0 radical (unpaired) electrons. The van der Waals surface area contributed by atoms with Crippen LogP contribution in [0.15, 0.2) is 12.1 Å². The summed E-state index contributed by atoms with van der Waals surface area (Å²) in [7, 11) is 1.71. The maximum absolute atomic E-state index is 5.69. The van der Waals surface area contributed by atoms with Crippen LogP contribution in [0, 0.1) is 5.92 Å². The third kappa shape index (κ3) is 3.21. The Kier molecular flexibility index (Phi) is 4.70. The molecule has 1 aliphatic rings. The van der Waals surface area contributed by atoms with Crippen LogP contribution in [-0.2, 0) is 6.42 Å². The standard InChI is InChI=1S/C16H25NO2/c1-5-19-16-10-13-12(9-15(16)18-4)6-7-17-14(13)8-11(2)3/h9-11,14,17H,5-8H2,1-4H3/t14-/m1/s1. The van der Waals surface area contributed by atoms with Crippen LogP contribution in [0.1, 0.15) is 44.4 Å². The third-order valence-corrected chi connectivity index (χ3v) is 3.59. The molecule has 1 aromatic carbocycles. The van der Waals surface area contributed by atoms with E-state index in [1.54, 1.807) is 7.11 Å². The largest absolute Gasteiger partial charge is 0.493 e. The van der Waals surface area contributed by atoms with Crippen molar-refractivity contribution in [1.82, 2.24) is 5.32 Å². The summed E-state index contributed by atoms with van der Waals surface area (Å²) < 4.78 is 11.1. The Morgan fingerprint density at radius 3 is 2.74 bits per heavy atom. The first-order valence-electron chi connectivity index (χ1n) is 7.22. The molecule has 0 unspecified atom stereocenters. The molecule has 0 fully saturated rings. The van der Waals surface area contributed by atoms with E-state index in [0.717, 1.165) is 30.9 Å². The van der Waals surface area contributed by atoms with E-state index < -0.39 is 0 Å². The molecular weight excluding hydrogens is 238 g/mol. The van der Waals surface area contributed by atoms with Crippen LogP contribution < -0.4 is 14.8 Å². The number of hydrogen-bond donors (Lipinski definition) is 1. The van der Waals surface area contributed by atoms with Crippen molar-refractivity contribution in [3.63, 3.8) is 0 Å². The van der Waals surface area contributed by atoms with E-state index in [2.05, 4.69) is 31.3 Å². The van der Waals surface area contributed by atoms with Gasteiger partial charge in [-0.15, -0.1) is 0 Å². The third-order valence-electron chi connectivity index (χ3n) is 3.59. The summed E-state index contributed by atoms with van der Waals surface area (Å²) in [5, 5.41) is 3.62. The number of benzene rings is 1. The van der Waals surface area contributed by atoms with Gasteiger partial charge in [-0.1, -0.05) is 13.8 Å².